The van der Waals surface area contributed by atoms with E-state index in [1.165, 1.54) is 4.31 Å². The second-order valence-electron chi connectivity index (χ2n) is 6.77. The van der Waals surface area contributed by atoms with Crippen molar-refractivity contribution in [3.05, 3.63) is 29.3 Å². The number of sulfonamides is 1. The number of amides is 1. The van der Waals surface area contributed by atoms with Crippen LogP contribution in [0.15, 0.2) is 18.2 Å². The fraction of sp³-hybridized carbons (Fsp3) is 0.500. The summed E-state index contributed by atoms with van der Waals surface area (Å²) in [5.41, 5.74) is 1.01. The Morgan fingerprint density at radius 1 is 1.25 bits per heavy atom. The van der Waals surface area contributed by atoms with E-state index in [0.717, 1.165) is 11.8 Å². The summed E-state index contributed by atoms with van der Waals surface area (Å²) in [6.45, 7) is 2.63. The normalized spacial score (nSPS) is 23.4. The van der Waals surface area contributed by atoms with Crippen molar-refractivity contribution in [1.82, 2.24) is 4.90 Å². The zero-order valence-corrected chi connectivity index (χ0v) is 14.5. The number of carboxylic acids is 1. The van der Waals surface area contributed by atoms with Gasteiger partial charge in [-0.1, -0.05) is 0 Å². The fourth-order valence-electron chi connectivity index (χ4n) is 3.34. The molecule has 1 N–H and O–H groups in total. The monoisotopic (exact) mass is 352 g/mol. The number of aliphatic carboxylic acids is 1. The highest BCUT2D eigenvalue weighted by atomic mass is 32.2. The van der Waals surface area contributed by atoms with Gasteiger partial charge in [0.2, 0.25) is 10.0 Å². The van der Waals surface area contributed by atoms with Gasteiger partial charge in [-0.2, -0.15) is 0 Å². The van der Waals surface area contributed by atoms with Crippen LogP contribution < -0.4 is 4.31 Å². The number of likely N-dealkylation sites (tertiary alicyclic amines) is 1. The molecule has 1 saturated heterocycles. The highest BCUT2D eigenvalue weighted by molar-refractivity contribution is 7.92. The maximum atomic E-state index is 12.6. The van der Waals surface area contributed by atoms with Crippen molar-refractivity contribution in [3.63, 3.8) is 0 Å². The van der Waals surface area contributed by atoms with Gasteiger partial charge in [0.25, 0.3) is 5.91 Å². The van der Waals surface area contributed by atoms with Crippen LogP contribution in [0.1, 0.15) is 29.3 Å². The van der Waals surface area contributed by atoms with Gasteiger partial charge in [0.05, 0.1) is 17.4 Å². The molecule has 2 aliphatic heterocycles. The summed E-state index contributed by atoms with van der Waals surface area (Å²) in [6, 6.07) is 4.99. The van der Waals surface area contributed by atoms with E-state index in [1.54, 1.807) is 30.0 Å². The molecule has 0 aromatic heterocycles. The third-order valence-corrected chi connectivity index (χ3v) is 6.04. The SMILES string of the molecule is C[C@]1(C(=O)O)CCN(C(=O)c2ccc3c(c2)CCN3S(C)(=O)=O)C1. The molecule has 1 aromatic rings. The Kier molecular flexibility index (Phi) is 3.82. The molecule has 2 heterocycles. The first-order chi connectivity index (χ1) is 11.1. The van der Waals surface area contributed by atoms with E-state index in [0.29, 0.717) is 37.2 Å². The third kappa shape index (κ3) is 2.75. The smallest absolute Gasteiger partial charge is 0.311 e. The molecule has 130 valence electrons. The van der Waals surface area contributed by atoms with E-state index in [-0.39, 0.29) is 12.5 Å². The molecule has 1 aromatic carbocycles. The average molecular weight is 352 g/mol. The lowest BCUT2D eigenvalue weighted by molar-refractivity contribution is -0.147. The summed E-state index contributed by atoms with van der Waals surface area (Å²) in [6.07, 6.45) is 2.16. The van der Waals surface area contributed by atoms with E-state index in [9.17, 15) is 23.1 Å². The Morgan fingerprint density at radius 3 is 2.54 bits per heavy atom. The summed E-state index contributed by atoms with van der Waals surface area (Å²) in [5.74, 6) is -1.10. The van der Waals surface area contributed by atoms with Gasteiger partial charge >= 0.3 is 5.97 Å². The molecule has 0 spiro atoms. The van der Waals surface area contributed by atoms with Crippen LogP contribution in [0.5, 0.6) is 0 Å². The molecule has 0 aliphatic carbocycles. The molecule has 3 rings (SSSR count). The minimum absolute atomic E-state index is 0.188. The van der Waals surface area contributed by atoms with Gasteiger partial charge in [-0.05, 0) is 43.5 Å². The van der Waals surface area contributed by atoms with Gasteiger partial charge in [0.15, 0.2) is 0 Å². The lowest BCUT2D eigenvalue weighted by atomic mass is 9.90. The maximum absolute atomic E-state index is 12.6. The standard InChI is InChI=1S/C16H20N2O5S/c1-16(15(20)21)6-8-17(10-16)14(19)12-3-4-13-11(9-12)5-7-18(13)24(2,22)23/h3-4,9H,5-8,10H2,1-2H3,(H,20,21)/t16-/m0/s1. The molecule has 24 heavy (non-hydrogen) atoms. The van der Waals surface area contributed by atoms with Crippen molar-refractivity contribution < 1.29 is 23.1 Å². The first kappa shape index (κ1) is 16.8. The molecular weight excluding hydrogens is 332 g/mol. The summed E-state index contributed by atoms with van der Waals surface area (Å²) in [4.78, 5) is 25.5. The zero-order valence-electron chi connectivity index (χ0n) is 13.7. The fourth-order valence-corrected chi connectivity index (χ4v) is 4.30. The van der Waals surface area contributed by atoms with Crippen LogP contribution in [-0.4, -0.2) is 56.2 Å². The van der Waals surface area contributed by atoms with Crippen LogP contribution in [0.25, 0.3) is 0 Å². The molecule has 2 aliphatic rings. The molecular formula is C16H20N2O5S. The number of carbonyl (C=O) groups is 2. The molecule has 7 nitrogen and oxygen atoms in total. The molecule has 1 fully saturated rings. The number of hydrogen-bond acceptors (Lipinski definition) is 4. The number of nitrogens with zero attached hydrogens (tertiary/aromatic N) is 2. The van der Waals surface area contributed by atoms with E-state index in [2.05, 4.69) is 0 Å². The van der Waals surface area contributed by atoms with E-state index < -0.39 is 21.4 Å². The number of benzene rings is 1. The first-order valence-corrected chi connectivity index (χ1v) is 9.60. The van der Waals surface area contributed by atoms with E-state index >= 15 is 0 Å². The topological polar surface area (TPSA) is 95.0 Å². The molecule has 0 unspecified atom stereocenters. The highest BCUT2D eigenvalue weighted by Gasteiger charge is 2.42. The highest BCUT2D eigenvalue weighted by Crippen LogP contribution is 2.33. The van der Waals surface area contributed by atoms with E-state index in [1.807, 2.05) is 0 Å². The quantitative estimate of drug-likeness (QED) is 0.874. The lowest BCUT2D eigenvalue weighted by Gasteiger charge is -2.21. The lowest BCUT2D eigenvalue weighted by Crippen LogP contribution is -2.34. The van der Waals surface area contributed by atoms with Crippen molar-refractivity contribution in [1.29, 1.82) is 0 Å². The maximum Gasteiger partial charge on any atom is 0.311 e. The van der Waals surface area contributed by atoms with Crippen LogP contribution >= 0.6 is 0 Å². The second kappa shape index (κ2) is 5.47. The van der Waals surface area contributed by atoms with E-state index in [4.69, 9.17) is 0 Å². The largest absolute Gasteiger partial charge is 0.481 e. The minimum atomic E-state index is -3.32. The second-order valence-corrected chi connectivity index (χ2v) is 8.68. The van der Waals surface area contributed by atoms with Crippen LogP contribution in [-0.2, 0) is 21.2 Å². The minimum Gasteiger partial charge on any atom is -0.481 e. The predicted octanol–water partition coefficient (Wildman–Crippen LogP) is 0.946. The number of anilines is 1. The third-order valence-electron chi connectivity index (χ3n) is 4.86. The van der Waals surface area contributed by atoms with Gasteiger partial charge in [-0.15, -0.1) is 0 Å². The Balaban J connectivity index is 1.83. The molecule has 1 atom stereocenters. The summed E-state index contributed by atoms with van der Waals surface area (Å²) in [7, 11) is -3.32. The van der Waals surface area contributed by atoms with Gasteiger partial charge in [0.1, 0.15) is 0 Å². The van der Waals surface area contributed by atoms with Gasteiger partial charge in [-0.3, -0.25) is 13.9 Å². The van der Waals surface area contributed by atoms with Crippen LogP contribution in [0, 0.1) is 5.41 Å². The predicted molar refractivity (Wildman–Crippen MR) is 88.6 cm³/mol. The van der Waals surface area contributed by atoms with Crippen LogP contribution in [0.4, 0.5) is 5.69 Å². The van der Waals surface area contributed by atoms with Crippen molar-refractivity contribution in [2.75, 3.05) is 30.2 Å². The first-order valence-electron chi connectivity index (χ1n) is 7.75. The Labute approximate surface area is 140 Å². The summed E-state index contributed by atoms with van der Waals surface area (Å²) < 4.78 is 24.9. The molecule has 0 radical (unpaired) electrons. The van der Waals surface area contributed by atoms with Crippen LogP contribution in [0.2, 0.25) is 0 Å². The molecule has 0 bridgehead atoms. The zero-order chi connectivity index (χ0) is 17.7. The number of fused-ring (bicyclic) bond motifs is 1. The Morgan fingerprint density at radius 2 is 1.96 bits per heavy atom. The number of rotatable bonds is 3. The number of carboxylic acid groups (broad SMARTS) is 1. The van der Waals surface area contributed by atoms with Gasteiger partial charge < -0.3 is 10.0 Å². The Bertz CT molecular complexity index is 820. The summed E-state index contributed by atoms with van der Waals surface area (Å²) >= 11 is 0. The van der Waals surface area contributed by atoms with Crippen LogP contribution in [0.3, 0.4) is 0 Å². The average Bonchev–Trinajstić information content (AvgIpc) is 3.09. The summed E-state index contributed by atoms with van der Waals surface area (Å²) in [5, 5.41) is 9.27. The molecule has 8 heteroatoms. The number of hydrogen-bond donors (Lipinski definition) is 1. The van der Waals surface area contributed by atoms with Gasteiger partial charge in [0, 0.05) is 25.2 Å². The molecule has 1 amide bonds. The van der Waals surface area contributed by atoms with Crippen molar-refractivity contribution in [3.8, 4) is 0 Å². The number of carbonyl (C=O) groups excluding carboxylic acids is 1. The molecule has 0 saturated carbocycles. The van der Waals surface area contributed by atoms with Crippen molar-refractivity contribution in [2.24, 2.45) is 5.41 Å². The Hall–Kier alpha value is -2.09. The van der Waals surface area contributed by atoms with Crippen molar-refractivity contribution in [2.45, 2.75) is 19.8 Å². The van der Waals surface area contributed by atoms with Crippen molar-refractivity contribution >= 4 is 27.6 Å². The van der Waals surface area contributed by atoms with Gasteiger partial charge in [-0.25, -0.2) is 8.42 Å².